The van der Waals surface area contributed by atoms with Crippen molar-refractivity contribution in [2.45, 2.75) is 45.6 Å². The first-order valence-electron chi connectivity index (χ1n) is 10.4. The van der Waals surface area contributed by atoms with Crippen LogP contribution >= 0.6 is 0 Å². The van der Waals surface area contributed by atoms with Gasteiger partial charge in [-0.3, -0.25) is 4.90 Å². The van der Waals surface area contributed by atoms with E-state index in [0.29, 0.717) is 5.56 Å². The number of nitrogens with zero attached hydrogens (tertiary/aromatic N) is 6. The van der Waals surface area contributed by atoms with Gasteiger partial charge in [-0.05, 0) is 24.6 Å². The highest BCUT2D eigenvalue weighted by molar-refractivity contribution is 5.46. The molecule has 0 spiro atoms. The number of anilines is 1. The van der Waals surface area contributed by atoms with Gasteiger partial charge in [0.25, 0.3) is 0 Å². The second-order valence-electron chi connectivity index (χ2n) is 8.85. The van der Waals surface area contributed by atoms with Gasteiger partial charge in [0.05, 0.1) is 0 Å². The summed E-state index contributed by atoms with van der Waals surface area (Å²) >= 11 is 0. The van der Waals surface area contributed by atoms with Gasteiger partial charge >= 0.3 is 0 Å². The van der Waals surface area contributed by atoms with Crippen LogP contribution in [0.5, 0.6) is 0 Å². The van der Waals surface area contributed by atoms with E-state index in [-0.39, 0.29) is 11.5 Å². The molecule has 3 aromatic rings. The molecule has 0 aliphatic carbocycles. The van der Waals surface area contributed by atoms with Crippen LogP contribution < -0.4 is 4.90 Å². The minimum absolute atomic E-state index is 0.0615. The van der Waals surface area contributed by atoms with Crippen LogP contribution in [0, 0.1) is 11.6 Å². The summed E-state index contributed by atoms with van der Waals surface area (Å²) < 4.78 is 29.5. The maximum absolute atomic E-state index is 14.3. The molecular formula is C22H28F2N6. The molecule has 1 aliphatic rings. The minimum Gasteiger partial charge on any atom is -0.353 e. The van der Waals surface area contributed by atoms with Gasteiger partial charge in [0, 0.05) is 49.3 Å². The van der Waals surface area contributed by atoms with Crippen molar-refractivity contribution in [1.82, 2.24) is 24.7 Å². The topological polar surface area (TPSA) is 49.6 Å². The molecule has 6 nitrogen and oxygen atoms in total. The van der Waals surface area contributed by atoms with Crippen LogP contribution in [-0.4, -0.2) is 50.9 Å². The van der Waals surface area contributed by atoms with E-state index in [1.807, 2.05) is 23.6 Å². The average Bonchev–Trinajstić information content (AvgIpc) is 3.14. The van der Waals surface area contributed by atoms with E-state index < -0.39 is 11.6 Å². The Bertz CT molecular complexity index is 1030. The molecule has 2 aromatic heterocycles. The number of benzene rings is 1. The average molecular weight is 415 g/mol. The summed E-state index contributed by atoms with van der Waals surface area (Å²) in [5.74, 6) is 0.698. The summed E-state index contributed by atoms with van der Waals surface area (Å²) in [7, 11) is 0. The fourth-order valence-electron chi connectivity index (χ4n) is 4.12. The van der Waals surface area contributed by atoms with E-state index in [2.05, 4.69) is 40.8 Å². The Morgan fingerprint density at radius 1 is 1.00 bits per heavy atom. The van der Waals surface area contributed by atoms with Crippen LogP contribution in [0.25, 0.3) is 5.65 Å². The van der Waals surface area contributed by atoms with E-state index in [4.69, 9.17) is 5.10 Å². The van der Waals surface area contributed by atoms with Crippen LogP contribution in [0.4, 0.5) is 14.6 Å². The van der Waals surface area contributed by atoms with Gasteiger partial charge in [0.2, 0.25) is 0 Å². The summed E-state index contributed by atoms with van der Waals surface area (Å²) in [6.07, 6.45) is 0.766. The lowest BCUT2D eigenvalue weighted by Gasteiger charge is -2.39. The zero-order valence-corrected chi connectivity index (χ0v) is 17.9. The molecule has 8 heteroatoms. The SMILES string of the molecule is CCC(c1ccc(F)cc1F)N1CCN(c2ccc3nnc(C(C)(C)C)n3n2)CC1. The molecule has 1 atom stereocenters. The number of rotatable bonds is 4. The highest BCUT2D eigenvalue weighted by Crippen LogP contribution is 2.29. The summed E-state index contributed by atoms with van der Waals surface area (Å²) in [6, 6.07) is 7.74. The number of halogens is 2. The van der Waals surface area contributed by atoms with Gasteiger partial charge in [-0.1, -0.05) is 33.8 Å². The summed E-state index contributed by atoms with van der Waals surface area (Å²) in [4.78, 5) is 4.50. The predicted octanol–water partition coefficient (Wildman–Crippen LogP) is 3.97. The van der Waals surface area contributed by atoms with Crippen molar-refractivity contribution in [3.63, 3.8) is 0 Å². The number of aromatic nitrogens is 4. The quantitative estimate of drug-likeness (QED) is 0.647. The van der Waals surface area contributed by atoms with E-state index in [0.717, 1.165) is 56.0 Å². The molecule has 0 amide bonds. The molecule has 0 saturated carbocycles. The molecule has 1 aliphatic heterocycles. The largest absolute Gasteiger partial charge is 0.353 e. The molecule has 1 unspecified atom stereocenters. The molecule has 0 bridgehead atoms. The normalized spacial score (nSPS) is 16.9. The van der Waals surface area contributed by atoms with E-state index in [1.165, 1.54) is 6.07 Å². The Morgan fingerprint density at radius 2 is 1.73 bits per heavy atom. The second kappa shape index (κ2) is 7.91. The zero-order chi connectivity index (χ0) is 21.5. The van der Waals surface area contributed by atoms with Crippen molar-refractivity contribution in [3.05, 3.63) is 53.4 Å². The third-order valence-electron chi connectivity index (χ3n) is 5.71. The first-order chi connectivity index (χ1) is 14.3. The Hall–Kier alpha value is -2.61. The second-order valence-corrected chi connectivity index (χ2v) is 8.85. The standard InChI is InChI=1S/C22H28F2N6/c1-5-18(16-7-6-15(23)14-17(16)24)28-10-12-29(13-11-28)20-9-8-19-25-26-21(22(2,3)4)30(19)27-20/h6-9,14,18H,5,10-13H2,1-4H3. The molecule has 1 fully saturated rings. The monoisotopic (exact) mass is 414 g/mol. The van der Waals surface area contributed by atoms with Gasteiger partial charge < -0.3 is 4.90 Å². The lowest BCUT2D eigenvalue weighted by atomic mass is 9.96. The smallest absolute Gasteiger partial charge is 0.178 e. The third-order valence-corrected chi connectivity index (χ3v) is 5.71. The molecule has 160 valence electrons. The maximum Gasteiger partial charge on any atom is 0.178 e. The first kappa shape index (κ1) is 20.7. The van der Waals surface area contributed by atoms with Crippen molar-refractivity contribution in [2.24, 2.45) is 0 Å². The number of piperazine rings is 1. The fraction of sp³-hybridized carbons (Fsp3) is 0.500. The van der Waals surface area contributed by atoms with Gasteiger partial charge in [0.15, 0.2) is 11.5 Å². The van der Waals surface area contributed by atoms with Gasteiger partial charge in [-0.15, -0.1) is 15.3 Å². The maximum atomic E-state index is 14.3. The number of hydrogen-bond acceptors (Lipinski definition) is 5. The van der Waals surface area contributed by atoms with E-state index >= 15 is 0 Å². The van der Waals surface area contributed by atoms with Gasteiger partial charge in [0.1, 0.15) is 17.5 Å². The lowest BCUT2D eigenvalue weighted by molar-refractivity contribution is 0.177. The van der Waals surface area contributed by atoms with Crippen molar-refractivity contribution < 1.29 is 8.78 Å². The molecular weight excluding hydrogens is 386 g/mol. The molecule has 1 aromatic carbocycles. The predicted molar refractivity (Wildman–Crippen MR) is 113 cm³/mol. The molecule has 0 radical (unpaired) electrons. The molecule has 0 N–H and O–H groups in total. The van der Waals surface area contributed by atoms with Crippen LogP contribution in [0.1, 0.15) is 51.5 Å². The molecule has 3 heterocycles. The van der Waals surface area contributed by atoms with Gasteiger partial charge in [-0.25, -0.2) is 8.78 Å². The molecule has 1 saturated heterocycles. The van der Waals surface area contributed by atoms with Crippen molar-refractivity contribution >= 4 is 11.5 Å². The molecule has 30 heavy (non-hydrogen) atoms. The summed E-state index contributed by atoms with van der Waals surface area (Å²) in [5, 5.41) is 13.3. The van der Waals surface area contributed by atoms with Crippen LogP contribution in [0.3, 0.4) is 0 Å². The lowest BCUT2D eigenvalue weighted by Crippen LogP contribution is -2.48. The Labute approximate surface area is 175 Å². The van der Waals surface area contributed by atoms with Crippen molar-refractivity contribution in [1.29, 1.82) is 0 Å². The highest BCUT2D eigenvalue weighted by atomic mass is 19.1. The highest BCUT2D eigenvalue weighted by Gasteiger charge is 2.27. The Kier molecular flexibility index (Phi) is 5.44. The fourth-order valence-corrected chi connectivity index (χ4v) is 4.12. The Balaban J connectivity index is 1.51. The third kappa shape index (κ3) is 3.88. The van der Waals surface area contributed by atoms with Gasteiger partial charge in [-0.2, -0.15) is 4.52 Å². The zero-order valence-electron chi connectivity index (χ0n) is 17.9. The Morgan fingerprint density at radius 3 is 2.37 bits per heavy atom. The van der Waals surface area contributed by atoms with Crippen molar-refractivity contribution in [3.8, 4) is 0 Å². The summed E-state index contributed by atoms with van der Waals surface area (Å²) in [5.41, 5.74) is 1.14. The minimum atomic E-state index is -0.541. The van der Waals surface area contributed by atoms with E-state index in [9.17, 15) is 8.78 Å². The number of hydrogen-bond donors (Lipinski definition) is 0. The van der Waals surface area contributed by atoms with Crippen molar-refractivity contribution in [2.75, 3.05) is 31.1 Å². The number of fused-ring (bicyclic) bond motifs is 1. The van der Waals surface area contributed by atoms with E-state index in [1.54, 1.807) is 6.07 Å². The molecule has 4 rings (SSSR count). The summed E-state index contributed by atoms with van der Waals surface area (Å²) in [6.45, 7) is 11.4. The van der Waals surface area contributed by atoms with Crippen LogP contribution in [-0.2, 0) is 5.41 Å². The first-order valence-corrected chi connectivity index (χ1v) is 10.4. The van der Waals surface area contributed by atoms with Crippen LogP contribution in [0.2, 0.25) is 0 Å². The van der Waals surface area contributed by atoms with Crippen LogP contribution in [0.15, 0.2) is 30.3 Å².